The third-order valence-corrected chi connectivity index (χ3v) is 10.3. The summed E-state index contributed by atoms with van der Waals surface area (Å²) in [6.45, 7) is 1.46. The Morgan fingerprint density at radius 2 is 1.73 bits per heavy atom. The zero-order valence-corrected chi connectivity index (χ0v) is 27.0. The maximum atomic E-state index is 14.1. The van der Waals surface area contributed by atoms with E-state index in [1.807, 2.05) is 0 Å². The molecule has 0 unspecified atom stereocenters. The van der Waals surface area contributed by atoms with Crippen molar-refractivity contribution in [3.63, 3.8) is 0 Å². The van der Waals surface area contributed by atoms with Crippen molar-refractivity contribution >= 4 is 38.9 Å². The first-order chi connectivity index (χ1) is 23.5. The van der Waals surface area contributed by atoms with Gasteiger partial charge in [-0.15, -0.1) is 0 Å². The van der Waals surface area contributed by atoms with Crippen molar-refractivity contribution in [1.29, 1.82) is 0 Å². The van der Waals surface area contributed by atoms with E-state index in [2.05, 4.69) is 25.3 Å². The number of carbonyl (C=O) groups is 2. The number of amides is 1. The smallest absolute Gasteiger partial charge is 0.335 e. The van der Waals surface area contributed by atoms with Crippen LogP contribution in [0.15, 0.2) is 96.4 Å². The normalized spacial score (nSPS) is 15.7. The molecule has 1 aliphatic heterocycles. The van der Waals surface area contributed by atoms with Gasteiger partial charge in [0.05, 0.1) is 22.9 Å². The summed E-state index contributed by atoms with van der Waals surface area (Å²) in [4.78, 5) is 43.9. The predicted molar refractivity (Wildman–Crippen MR) is 176 cm³/mol. The maximum absolute atomic E-state index is 14.1. The zero-order chi connectivity index (χ0) is 34.8. The third-order valence-electron chi connectivity index (χ3n) is 8.36. The standard InChI is InChI=1S/C34H31F2N7O5S/c1-2-34(35,36)26-10-6-22(7-11-26)17-39-32(44)29-20-42(30-19-38-28-18-37-21-40-31(28)41-30)14-15-43(29)49(47,48)27-12-8-23(9-13-27)24-4-3-5-25(16-24)33(45)46/h3-13,16,18-19,21,29H,2,14-15,17,20H2,1H3,(H,39,44)(H,45,46)/t29-/m1/s1. The number of carbonyl (C=O) groups excluding carboxylic acids is 1. The second-order valence-electron chi connectivity index (χ2n) is 11.4. The summed E-state index contributed by atoms with van der Waals surface area (Å²) in [6.07, 6.45) is 4.02. The third kappa shape index (κ3) is 7.07. The molecule has 0 bridgehead atoms. The lowest BCUT2D eigenvalue weighted by Gasteiger charge is -2.40. The van der Waals surface area contributed by atoms with Crippen LogP contribution in [0.5, 0.6) is 0 Å². The van der Waals surface area contributed by atoms with Crippen molar-refractivity contribution in [2.45, 2.75) is 36.7 Å². The lowest BCUT2D eigenvalue weighted by molar-refractivity contribution is -0.125. The first-order valence-electron chi connectivity index (χ1n) is 15.3. The molecule has 5 aromatic rings. The first kappa shape index (κ1) is 33.5. The van der Waals surface area contributed by atoms with Crippen LogP contribution in [-0.2, 0) is 27.3 Å². The van der Waals surface area contributed by atoms with Crippen LogP contribution in [0.25, 0.3) is 22.3 Å². The van der Waals surface area contributed by atoms with Gasteiger partial charge in [0.15, 0.2) is 5.65 Å². The van der Waals surface area contributed by atoms with Gasteiger partial charge in [0, 0.05) is 38.2 Å². The number of anilines is 1. The van der Waals surface area contributed by atoms with Gasteiger partial charge in [0.2, 0.25) is 15.9 Å². The molecule has 1 fully saturated rings. The molecule has 1 amide bonds. The molecular formula is C34H31F2N7O5S. The van der Waals surface area contributed by atoms with Crippen LogP contribution in [0.1, 0.15) is 34.8 Å². The number of piperazine rings is 1. The number of aromatic nitrogens is 4. The average Bonchev–Trinajstić information content (AvgIpc) is 3.13. The Morgan fingerprint density at radius 1 is 0.980 bits per heavy atom. The first-order valence-corrected chi connectivity index (χ1v) is 16.8. The fraction of sp³-hybridized carbons (Fsp3) is 0.235. The van der Waals surface area contributed by atoms with Gasteiger partial charge in [-0.05, 0) is 41.0 Å². The Labute approximate surface area is 280 Å². The fourth-order valence-corrected chi connectivity index (χ4v) is 7.12. The van der Waals surface area contributed by atoms with Gasteiger partial charge in [-0.3, -0.25) is 4.79 Å². The highest BCUT2D eigenvalue weighted by atomic mass is 32.2. The van der Waals surface area contributed by atoms with Crippen molar-refractivity contribution in [2.24, 2.45) is 0 Å². The summed E-state index contributed by atoms with van der Waals surface area (Å²) in [6, 6.07) is 16.7. The number of sulfonamides is 1. The van der Waals surface area contributed by atoms with E-state index in [4.69, 9.17) is 0 Å². The van der Waals surface area contributed by atoms with E-state index in [9.17, 15) is 31.9 Å². The molecule has 2 N–H and O–H groups in total. The molecular weight excluding hydrogens is 656 g/mol. The zero-order valence-electron chi connectivity index (χ0n) is 26.2. The number of carboxylic acids is 1. The SMILES string of the molecule is CCC(F)(F)c1ccc(CNC(=O)[C@H]2CN(c3cnc4cncnc4n3)CCN2S(=O)(=O)c2ccc(-c3cccc(C(=O)O)c3)cc2)cc1. The Morgan fingerprint density at radius 3 is 2.45 bits per heavy atom. The van der Waals surface area contributed by atoms with Gasteiger partial charge in [0.25, 0.3) is 5.92 Å². The number of halogens is 2. The Bertz CT molecular complexity index is 2120. The minimum Gasteiger partial charge on any atom is -0.478 e. The molecule has 1 aliphatic rings. The van der Waals surface area contributed by atoms with E-state index in [-0.39, 0.29) is 48.6 Å². The van der Waals surface area contributed by atoms with Gasteiger partial charge in [0.1, 0.15) is 23.7 Å². The van der Waals surface area contributed by atoms with E-state index in [1.165, 1.54) is 74.2 Å². The van der Waals surface area contributed by atoms with Crippen molar-refractivity contribution in [3.8, 4) is 11.1 Å². The van der Waals surface area contributed by atoms with Crippen LogP contribution >= 0.6 is 0 Å². The minimum atomic E-state index is -4.21. The molecule has 1 atom stereocenters. The van der Waals surface area contributed by atoms with Crippen molar-refractivity contribution in [1.82, 2.24) is 29.6 Å². The number of hydrogen-bond donors (Lipinski definition) is 2. The molecule has 3 heterocycles. The van der Waals surface area contributed by atoms with Gasteiger partial charge >= 0.3 is 5.97 Å². The van der Waals surface area contributed by atoms with E-state index in [0.717, 1.165) is 4.31 Å². The van der Waals surface area contributed by atoms with E-state index in [0.29, 0.717) is 33.7 Å². The minimum absolute atomic E-state index is 0.0159. The molecule has 0 spiro atoms. The Balaban J connectivity index is 1.26. The van der Waals surface area contributed by atoms with Crippen molar-refractivity contribution in [2.75, 3.05) is 24.5 Å². The number of carboxylic acid groups (broad SMARTS) is 1. The summed E-state index contributed by atoms with van der Waals surface area (Å²) in [5, 5.41) is 12.1. The van der Waals surface area contributed by atoms with Crippen LogP contribution in [0, 0.1) is 0 Å². The largest absolute Gasteiger partial charge is 0.478 e. The molecule has 0 radical (unpaired) electrons. The average molecular weight is 688 g/mol. The van der Waals surface area contributed by atoms with E-state index in [1.54, 1.807) is 29.2 Å². The van der Waals surface area contributed by atoms with Gasteiger partial charge in [-0.25, -0.2) is 41.9 Å². The van der Waals surface area contributed by atoms with Crippen LogP contribution < -0.4 is 10.2 Å². The number of nitrogens with one attached hydrogen (secondary N) is 1. The van der Waals surface area contributed by atoms with Crippen molar-refractivity contribution in [3.05, 3.63) is 108 Å². The highest BCUT2D eigenvalue weighted by Gasteiger charge is 2.40. The van der Waals surface area contributed by atoms with E-state index >= 15 is 0 Å². The quantitative estimate of drug-likeness (QED) is 0.214. The Hall–Kier alpha value is -5.41. The van der Waals surface area contributed by atoms with Crippen molar-refractivity contribution < 1.29 is 31.9 Å². The lowest BCUT2D eigenvalue weighted by atomic mass is 10.0. The molecule has 252 valence electrons. The maximum Gasteiger partial charge on any atom is 0.335 e. The molecule has 6 rings (SSSR count). The van der Waals surface area contributed by atoms with Gasteiger partial charge < -0.3 is 15.3 Å². The summed E-state index contributed by atoms with van der Waals surface area (Å²) >= 11 is 0. The van der Waals surface area contributed by atoms with Crippen LogP contribution in [-0.4, -0.2) is 75.3 Å². The summed E-state index contributed by atoms with van der Waals surface area (Å²) < 4.78 is 57.5. The topological polar surface area (TPSA) is 159 Å². The molecule has 15 heteroatoms. The van der Waals surface area contributed by atoms with Gasteiger partial charge in [-0.1, -0.05) is 55.5 Å². The lowest BCUT2D eigenvalue weighted by Crippen LogP contribution is -2.60. The van der Waals surface area contributed by atoms with Crippen LogP contribution in [0.4, 0.5) is 14.6 Å². The predicted octanol–water partition coefficient (Wildman–Crippen LogP) is 4.48. The van der Waals surface area contributed by atoms with Crippen LogP contribution in [0.2, 0.25) is 0 Å². The highest BCUT2D eigenvalue weighted by molar-refractivity contribution is 7.89. The number of aromatic carboxylic acids is 1. The molecule has 3 aromatic carbocycles. The number of hydrogen-bond acceptors (Lipinski definition) is 9. The summed E-state index contributed by atoms with van der Waals surface area (Å²) in [7, 11) is -4.21. The summed E-state index contributed by atoms with van der Waals surface area (Å²) in [5.41, 5.74) is 2.56. The number of nitrogens with zero attached hydrogens (tertiary/aromatic N) is 6. The van der Waals surface area contributed by atoms with Gasteiger partial charge in [-0.2, -0.15) is 4.31 Å². The number of fused-ring (bicyclic) bond motifs is 1. The molecule has 0 aliphatic carbocycles. The number of benzene rings is 3. The molecule has 49 heavy (non-hydrogen) atoms. The van der Waals surface area contributed by atoms with Crippen LogP contribution in [0.3, 0.4) is 0 Å². The molecule has 0 saturated carbocycles. The molecule has 1 saturated heterocycles. The van der Waals surface area contributed by atoms with E-state index < -0.39 is 33.9 Å². The second kappa shape index (κ2) is 13.6. The second-order valence-corrected chi connectivity index (χ2v) is 13.3. The number of rotatable bonds is 10. The molecule has 2 aromatic heterocycles. The highest BCUT2D eigenvalue weighted by Crippen LogP contribution is 2.31. The molecule has 12 nitrogen and oxygen atoms in total. The number of alkyl halides is 2. The fourth-order valence-electron chi connectivity index (χ4n) is 5.55. The Kier molecular flexibility index (Phi) is 9.30. The monoisotopic (exact) mass is 687 g/mol. The summed E-state index contributed by atoms with van der Waals surface area (Å²) in [5.74, 6) is -4.24.